The maximum atomic E-state index is 6.01. The van der Waals surface area contributed by atoms with Gasteiger partial charge in [0.25, 0.3) is 0 Å². The van der Waals surface area contributed by atoms with Crippen molar-refractivity contribution in [1.29, 1.82) is 0 Å². The Morgan fingerprint density at radius 3 is 2.86 bits per heavy atom. The number of hydrogen-bond acceptors (Lipinski definition) is 5. The van der Waals surface area contributed by atoms with E-state index in [1.54, 1.807) is 17.6 Å². The van der Waals surface area contributed by atoms with Crippen molar-refractivity contribution in [2.75, 3.05) is 6.54 Å². The Bertz CT molecular complexity index is 544. The number of hydrogen-bond donors (Lipinski definition) is 1. The Balaban J connectivity index is 1.64. The van der Waals surface area contributed by atoms with Crippen LogP contribution in [0.3, 0.4) is 0 Å². The fourth-order valence-corrected chi connectivity index (χ4v) is 3.84. The Labute approximate surface area is 130 Å². The lowest BCUT2D eigenvalue weighted by Gasteiger charge is -2.35. The molecule has 0 spiro atoms. The smallest absolute Gasteiger partial charge is 0.162 e. The van der Waals surface area contributed by atoms with Gasteiger partial charge in [-0.3, -0.25) is 4.90 Å². The molecule has 3 rings (SSSR count). The molecule has 0 aliphatic heterocycles. The van der Waals surface area contributed by atoms with Crippen LogP contribution in [0, 0.1) is 0 Å². The van der Waals surface area contributed by atoms with E-state index in [1.807, 2.05) is 12.1 Å². The fraction of sp³-hybridized carbons (Fsp3) is 0.562. The minimum Gasteiger partial charge on any atom is -0.462 e. The van der Waals surface area contributed by atoms with Gasteiger partial charge >= 0.3 is 0 Å². The van der Waals surface area contributed by atoms with Crippen LogP contribution in [0.25, 0.3) is 10.8 Å². The maximum absolute atomic E-state index is 6.01. The Morgan fingerprint density at radius 2 is 2.19 bits per heavy atom. The lowest BCUT2D eigenvalue weighted by Crippen LogP contribution is -2.40. The third kappa shape index (κ3) is 3.54. The molecule has 21 heavy (non-hydrogen) atoms. The molecule has 0 bridgehead atoms. The summed E-state index contributed by atoms with van der Waals surface area (Å²) >= 11 is 1.66. The van der Waals surface area contributed by atoms with Gasteiger partial charge in [0.2, 0.25) is 0 Å². The summed E-state index contributed by atoms with van der Waals surface area (Å²) < 4.78 is 5.41. The highest BCUT2D eigenvalue weighted by Gasteiger charge is 2.24. The van der Waals surface area contributed by atoms with E-state index in [0.29, 0.717) is 12.1 Å². The van der Waals surface area contributed by atoms with Gasteiger partial charge in [-0.25, -0.2) is 4.98 Å². The second-order valence-electron chi connectivity index (χ2n) is 5.75. The molecule has 0 atom stereocenters. The molecule has 1 fully saturated rings. The second kappa shape index (κ2) is 6.73. The van der Waals surface area contributed by atoms with Crippen LogP contribution in [0.15, 0.2) is 28.2 Å². The van der Waals surface area contributed by atoms with Gasteiger partial charge in [0, 0.05) is 24.0 Å². The van der Waals surface area contributed by atoms with E-state index < -0.39 is 0 Å². The second-order valence-corrected chi connectivity index (χ2v) is 6.61. The zero-order valence-electron chi connectivity index (χ0n) is 12.5. The maximum Gasteiger partial charge on any atom is 0.162 e. The standard InChI is InChI=1S/C16H23N3OS/c1-2-19(14-7-5-12(17)6-8-14)10-13-11-21-16(18-13)15-4-3-9-20-15/h3-4,9,11-12,14H,2,5-8,10,17H2,1H3. The van der Waals surface area contributed by atoms with E-state index in [4.69, 9.17) is 15.1 Å². The van der Waals surface area contributed by atoms with Crippen molar-refractivity contribution in [3.63, 3.8) is 0 Å². The predicted molar refractivity (Wildman–Crippen MR) is 86.1 cm³/mol. The highest BCUT2D eigenvalue weighted by atomic mass is 32.1. The van der Waals surface area contributed by atoms with Crippen LogP contribution in [-0.4, -0.2) is 28.5 Å². The van der Waals surface area contributed by atoms with Gasteiger partial charge in [-0.05, 0) is 44.4 Å². The van der Waals surface area contributed by atoms with Crippen molar-refractivity contribution in [3.8, 4) is 10.8 Å². The van der Waals surface area contributed by atoms with Gasteiger partial charge in [-0.15, -0.1) is 11.3 Å². The van der Waals surface area contributed by atoms with Gasteiger partial charge in [-0.1, -0.05) is 6.92 Å². The van der Waals surface area contributed by atoms with Crippen molar-refractivity contribution in [2.45, 2.75) is 51.2 Å². The van der Waals surface area contributed by atoms with Crippen LogP contribution in [0.5, 0.6) is 0 Å². The van der Waals surface area contributed by atoms with Gasteiger partial charge < -0.3 is 10.2 Å². The van der Waals surface area contributed by atoms with Crippen molar-refractivity contribution < 1.29 is 4.42 Å². The molecular formula is C16H23N3OS. The molecule has 0 aromatic carbocycles. The van der Waals surface area contributed by atoms with Crippen LogP contribution in [0.4, 0.5) is 0 Å². The average molecular weight is 305 g/mol. The largest absolute Gasteiger partial charge is 0.462 e. The third-order valence-corrected chi connectivity index (χ3v) is 5.22. The molecule has 0 radical (unpaired) electrons. The molecule has 2 N–H and O–H groups in total. The molecule has 2 aromatic rings. The highest BCUT2D eigenvalue weighted by Crippen LogP contribution is 2.27. The quantitative estimate of drug-likeness (QED) is 0.918. The van der Waals surface area contributed by atoms with E-state index in [1.165, 1.54) is 12.8 Å². The van der Waals surface area contributed by atoms with Crippen molar-refractivity contribution in [2.24, 2.45) is 5.73 Å². The molecular weight excluding hydrogens is 282 g/mol. The zero-order chi connectivity index (χ0) is 14.7. The Morgan fingerprint density at radius 1 is 1.38 bits per heavy atom. The normalized spacial score (nSPS) is 22.8. The van der Waals surface area contributed by atoms with Gasteiger partial charge in [0.1, 0.15) is 0 Å². The lowest BCUT2D eigenvalue weighted by molar-refractivity contribution is 0.148. The van der Waals surface area contributed by atoms with E-state index in [2.05, 4.69) is 17.2 Å². The molecule has 0 amide bonds. The summed E-state index contributed by atoms with van der Waals surface area (Å²) in [4.78, 5) is 7.24. The molecule has 2 aromatic heterocycles. The van der Waals surface area contributed by atoms with Gasteiger partial charge in [-0.2, -0.15) is 0 Å². The minimum atomic E-state index is 0.407. The topological polar surface area (TPSA) is 55.3 Å². The molecule has 1 saturated carbocycles. The van der Waals surface area contributed by atoms with Crippen LogP contribution in [0.1, 0.15) is 38.3 Å². The van der Waals surface area contributed by atoms with Crippen molar-refractivity contribution in [3.05, 3.63) is 29.5 Å². The highest BCUT2D eigenvalue weighted by molar-refractivity contribution is 7.13. The molecule has 5 heteroatoms. The van der Waals surface area contributed by atoms with Crippen molar-refractivity contribution in [1.82, 2.24) is 9.88 Å². The summed E-state index contributed by atoms with van der Waals surface area (Å²) in [6.45, 7) is 4.22. The van der Waals surface area contributed by atoms with E-state index in [0.717, 1.165) is 42.4 Å². The molecule has 1 aliphatic rings. The summed E-state index contributed by atoms with van der Waals surface area (Å²) in [6, 6.07) is 4.93. The minimum absolute atomic E-state index is 0.407. The summed E-state index contributed by atoms with van der Waals surface area (Å²) in [5.74, 6) is 0.859. The lowest BCUT2D eigenvalue weighted by atomic mass is 9.90. The Kier molecular flexibility index (Phi) is 4.73. The summed E-state index contributed by atoms with van der Waals surface area (Å²) in [7, 11) is 0. The monoisotopic (exact) mass is 305 g/mol. The number of furan rings is 1. The van der Waals surface area contributed by atoms with E-state index >= 15 is 0 Å². The summed E-state index contributed by atoms with van der Waals surface area (Å²) in [6.07, 6.45) is 6.42. The Hall–Kier alpha value is -1.17. The molecule has 0 saturated heterocycles. The molecule has 2 heterocycles. The first-order valence-electron chi connectivity index (χ1n) is 7.74. The first-order chi connectivity index (χ1) is 10.3. The number of aromatic nitrogens is 1. The molecule has 1 aliphatic carbocycles. The first-order valence-corrected chi connectivity index (χ1v) is 8.62. The first kappa shape index (κ1) is 14.8. The fourth-order valence-electron chi connectivity index (χ4n) is 3.07. The number of rotatable bonds is 5. The SMILES string of the molecule is CCN(Cc1csc(-c2ccco2)n1)C1CCC(N)CC1. The van der Waals surface area contributed by atoms with Gasteiger partial charge in [0.05, 0.1) is 12.0 Å². The number of nitrogens with two attached hydrogens (primary N) is 1. The predicted octanol–water partition coefficient (Wildman–Crippen LogP) is 3.49. The zero-order valence-corrected chi connectivity index (χ0v) is 13.3. The van der Waals surface area contributed by atoms with Gasteiger partial charge in [0.15, 0.2) is 10.8 Å². The van der Waals surface area contributed by atoms with E-state index in [-0.39, 0.29) is 0 Å². The summed E-state index contributed by atoms with van der Waals surface area (Å²) in [5.41, 5.74) is 7.15. The van der Waals surface area contributed by atoms with Crippen molar-refractivity contribution >= 4 is 11.3 Å². The van der Waals surface area contributed by atoms with Crippen LogP contribution in [-0.2, 0) is 6.54 Å². The molecule has 0 unspecified atom stereocenters. The number of nitrogens with zero attached hydrogens (tertiary/aromatic N) is 2. The summed E-state index contributed by atoms with van der Waals surface area (Å²) in [5, 5.41) is 3.12. The number of thiazole rings is 1. The van der Waals surface area contributed by atoms with Crippen LogP contribution < -0.4 is 5.73 Å². The molecule has 114 valence electrons. The third-order valence-electron chi connectivity index (χ3n) is 4.31. The van der Waals surface area contributed by atoms with E-state index in [9.17, 15) is 0 Å². The molecule has 4 nitrogen and oxygen atoms in total. The van der Waals surface area contributed by atoms with Crippen LogP contribution in [0.2, 0.25) is 0 Å². The van der Waals surface area contributed by atoms with Crippen LogP contribution >= 0.6 is 11.3 Å². The average Bonchev–Trinajstić information content (AvgIpc) is 3.17.